The van der Waals surface area contributed by atoms with Crippen molar-refractivity contribution in [1.29, 1.82) is 0 Å². The molecule has 2 aliphatic heterocycles. The van der Waals surface area contributed by atoms with Crippen LogP contribution in [-0.2, 0) is 4.79 Å². The average Bonchev–Trinajstić information content (AvgIpc) is 2.98. The quantitative estimate of drug-likeness (QED) is 0.847. The summed E-state index contributed by atoms with van der Waals surface area (Å²) >= 11 is 2.01. The second-order valence-electron chi connectivity index (χ2n) is 6.96. The van der Waals surface area contributed by atoms with Crippen molar-refractivity contribution in [1.82, 2.24) is 5.32 Å². The SMILES string of the molecule is O=C(NC1CCCCC1)C1C=NC2=CC=CCC23SCCC13. The molecule has 1 spiro atoms. The smallest absolute Gasteiger partial charge is 0.229 e. The Labute approximate surface area is 136 Å². The van der Waals surface area contributed by atoms with Crippen molar-refractivity contribution in [3.8, 4) is 0 Å². The third-order valence-electron chi connectivity index (χ3n) is 5.69. The van der Waals surface area contributed by atoms with Gasteiger partial charge in [-0.05, 0) is 43.4 Å². The van der Waals surface area contributed by atoms with Gasteiger partial charge in [0.25, 0.3) is 0 Å². The first kappa shape index (κ1) is 14.6. The minimum Gasteiger partial charge on any atom is -0.353 e. The lowest BCUT2D eigenvalue weighted by Crippen LogP contribution is -2.49. The molecular formula is C18H24N2OS. The highest BCUT2D eigenvalue weighted by molar-refractivity contribution is 8.01. The van der Waals surface area contributed by atoms with Crippen LogP contribution in [0.4, 0.5) is 0 Å². The molecular weight excluding hydrogens is 292 g/mol. The Morgan fingerprint density at radius 1 is 1.27 bits per heavy atom. The summed E-state index contributed by atoms with van der Waals surface area (Å²) in [5.41, 5.74) is 1.18. The van der Waals surface area contributed by atoms with Crippen molar-refractivity contribution >= 4 is 23.9 Å². The van der Waals surface area contributed by atoms with Gasteiger partial charge in [0.1, 0.15) is 0 Å². The molecule has 3 unspecified atom stereocenters. The first-order chi connectivity index (χ1) is 10.8. The molecule has 0 aromatic heterocycles. The van der Waals surface area contributed by atoms with Crippen LogP contribution in [0.3, 0.4) is 0 Å². The van der Waals surface area contributed by atoms with Gasteiger partial charge in [-0.2, -0.15) is 0 Å². The van der Waals surface area contributed by atoms with Gasteiger partial charge < -0.3 is 5.32 Å². The van der Waals surface area contributed by atoms with Crippen LogP contribution in [0, 0.1) is 11.8 Å². The van der Waals surface area contributed by atoms with Gasteiger partial charge in [0, 0.05) is 12.3 Å². The molecule has 2 heterocycles. The van der Waals surface area contributed by atoms with Gasteiger partial charge in [-0.15, -0.1) is 11.8 Å². The van der Waals surface area contributed by atoms with Gasteiger partial charge in [-0.25, -0.2) is 0 Å². The lowest BCUT2D eigenvalue weighted by Gasteiger charge is -2.41. The number of nitrogens with zero attached hydrogens (tertiary/aromatic N) is 1. The van der Waals surface area contributed by atoms with E-state index in [0.29, 0.717) is 12.0 Å². The van der Waals surface area contributed by atoms with Crippen LogP contribution in [0.5, 0.6) is 0 Å². The number of hydrogen-bond donors (Lipinski definition) is 1. The molecule has 1 N–H and O–H groups in total. The Morgan fingerprint density at radius 3 is 3.00 bits per heavy atom. The van der Waals surface area contributed by atoms with E-state index in [0.717, 1.165) is 31.4 Å². The van der Waals surface area contributed by atoms with Crippen LogP contribution < -0.4 is 5.32 Å². The molecule has 22 heavy (non-hydrogen) atoms. The summed E-state index contributed by atoms with van der Waals surface area (Å²) in [6.45, 7) is 0. The van der Waals surface area contributed by atoms with E-state index >= 15 is 0 Å². The number of hydrogen-bond acceptors (Lipinski definition) is 3. The third kappa shape index (κ3) is 2.36. The van der Waals surface area contributed by atoms with Crippen LogP contribution in [0.2, 0.25) is 0 Å². The number of thioether (sulfide) groups is 1. The fourth-order valence-corrected chi connectivity index (χ4v) is 6.21. The molecule has 0 radical (unpaired) electrons. The van der Waals surface area contributed by atoms with E-state index < -0.39 is 0 Å². The Morgan fingerprint density at radius 2 is 2.14 bits per heavy atom. The first-order valence-electron chi connectivity index (χ1n) is 8.65. The fraction of sp³-hybridized carbons (Fsp3) is 0.667. The van der Waals surface area contributed by atoms with Crippen LogP contribution in [0.15, 0.2) is 28.9 Å². The van der Waals surface area contributed by atoms with E-state index in [2.05, 4.69) is 28.5 Å². The zero-order valence-electron chi connectivity index (χ0n) is 13.0. The van der Waals surface area contributed by atoms with E-state index in [1.807, 2.05) is 18.0 Å². The Hall–Kier alpha value is -1.03. The van der Waals surface area contributed by atoms with Crippen LogP contribution in [0.1, 0.15) is 44.9 Å². The van der Waals surface area contributed by atoms with E-state index in [9.17, 15) is 4.79 Å². The number of carbonyl (C=O) groups excluding carboxylic acids is 1. The van der Waals surface area contributed by atoms with Crippen molar-refractivity contribution in [2.75, 3.05) is 5.75 Å². The molecule has 3 nitrogen and oxygen atoms in total. The molecule has 0 aromatic rings. The molecule has 1 saturated heterocycles. The number of allylic oxidation sites excluding steroid dienone is 3. The standard InChI is InChI=1S/C18H24N2OS/c21-17(20-13-6-2-1-3-7-13)14-12-19-16-8-4-5-10-18(16)15(14)9-11-22-18/h4-5,8,12-15H,1-3,6-7,9-11H2,(H,20,21). The Kier molecular flexibility index (Phi) is 3.89. The first-order valence-corrected chi connectivity index (χ1v) is 9.64. The van der Waals surface area contributed by atoms with Crippen molar-refractivity contribution in [3.05, 3.63) is 23.9 Å². The van der Waals surface area contributed by atoms with Crippen LogP contribution in [0.25, 0.3) is 0 Å². The Balaban J connectivity index is 1.54. The van der Waals surface area contributed by atoms with E-state index in [1.54, 1.807) is 0 Å². The summed E-state index contributed by atoms with van der Waals surface area (Å²) in [7, 11) is 0. The van der Waals surface area contributed by atoms with Gasteiger partial charge >= 0.3 is 0 Å². The van der Waals surface area contributed by atoms with E-state index in [1.165, 1.54) is 25.0 Å². The number of nitrogens with one attached hydrogen (secondary N) is 1. The summed E-state index contributed by atoms with van der Waals surface area (Å²) in [5.74, 6) is 1.73. The molecule has 118 valence electrons. The largest absolute Gasteiger partial charge is 0.353 e. The number of carbonyl (C=O) groups is 1. The van der Waals surface area contributed by atoms with Gasteiger partial charge in [0.05, 0.1) is 16.4 Å². The predicted octanol–water partition coefficient (Wildman–Crippen LogP) is 3.47. The van der Waals surface area contributed by atoms with Crippen molar-refractivity contribution in [2.45, 2.75) is 55.7 Å². The summed E-state index contributed by atoms with van der Waals surface area (Å²) in [6, 6.07) is 0.392. The Bertz CT molecular complexity index is 547. The second kappa shape index (κ2) is 5.88. The summed E-state index contributed by atoms with van der Waals surface area (Å²) in [5, 5.41) is 3.32. The minimum absolute atomic E-state index is 0.0411. The molecule has 2 aliphatic carbocycles. The second-order valence-corrected chi connectivity index (χ2v) is 8.39. The summed E-state index contributed by atoms with van der Waals surface area (Å²) in [6.07, 6.45) is 16.7. The maximum atomic E-state index is 12.8. The highest BCUT2D eigenvalue weighted by atomic mass is 32.2. The zero-order valence-corrected chi connectivity index (χ0v) is 13.8. The molecule has 1 saturated carbocycles. The molecule has 4 rings (SSSR count). The minimum atomic E-state index is -0.0411. The van der Waals surface area contributed by atoms with Crippen molar-refractivity contribution < 1.29 is 4.79 Å². The van der Waals surface area contributed by atoms with E-state index in [-0.39, 0.29) is 16.6 Å². The lowest BCUT2D eigenvalue weighted by atomic mass is 9.73. The average molecular weight is 316 g/mol. The van der Waals surface area contributed by atoms with E-state index in [4.69, 9.17) is 0 Å². The number of aliphatic imine (C=N–C) groups is 1. The van der Waals surface area contributed by atoms with Crippen LogP contribution >= 0.6 is 11.8 Å². The molecule has 1 amide bonds. The molecule has 0 bridgehead atoms. The van der Waals surface area contributed by atoms with Crippen molar-refractivity contribution in [3.63, 3.8) is 0 Å². The third-order valence-corrected chi connectivity index (χ3v) is 7.33. The maximum Gasteiger partial charge on any atom is 0.229 e. The van der Waals surface area contributed by atoms with Gasteiger partial charge in [0.15, 0.2) is 0 Å². The van der Waals surface area contributed by atoms with Gasteiger partial charge in [-0.3, -0.25) is 9.79 Å². The predicted molar refractivity (Wildman–Crippen MR) is 92.1 cm³/mol. The molecule has 4 heteroatoms. The summed E-state index contributed by atoms with van der Waals surface area (Å²) in [4.78, 5) is 17.5. The summed E-state index contributed by atoms with van der Waals surface area (Å²) < 4.78 is 0.0675. The lowest BCUT2D eigenvalue weighted by molar-refractivity contribution is -0.125. The molecule has 2 fully saturated rings. The molecule has 4 aliphatic rings. The van der Waals surface area contributed by atoms with Gasteiger partial charge in [-0.1, -0.05) is 31.4 Å². The zero-order chi connectivity index (χ0) is 15.0. The number of rotatable bonds is 2. The molecule has 0 aromatic carbocycles. The van der Waals surface area contributed by atoms with Gasteiger partial charge in [0.2, 0.25) is 5.91 Å². The highest BCUT2D eigenvalue weighted by Gasteiger charge is 2.53. The highest BCUT2D eigenvalue weighted by Crippen LogP contribution is 2.56. The monoisotopic (exact) mass is 316 g/mol. The topological polar surface area (TPSA) is 41.5 Å². The fourth-order valence-electron chi connectivity index (χ4n) is 4.51. The molecule has 3 atom stereocenters. The number of amides is 1. The van der Waals surface area contributed by atoms with Crippen molar-refractivity contribution in [2.24, 2.45) is 16.8 Å². The normalized spacial score (nSPS) is 37.4. The maximum absolute atomic E-state index is 12.8. The van der Waals surface area contributed by atoms with Crippen LogP contribution in [-0.4, -0.2) is 28.7 Å².